The summed E-state index contributed by atoms with van der Waals surface area (Å²) in [6, 6.07) is 0. The first-order chi connectivity index (χ1) is 7.97. The predicted molar refractivity (Wildman–Crippen MR) is 60.0 cm³/mol. The van der Waals surface area contributed by atoms with Gasteiger partial charge in [0.2, 0.25) is 5.82 Å². The number of carbonyl (C=O) groups is 1. The van der Waals surface area contributed by atoms with E-state index in [1.165, 1.54) is 11.6 Å². The summed E-state index contributed by atoms with van der Waals surface area (Å²) < 4.78 is 1.43. The molecule has 0 unspecified atom stereocenters. The third-order valence-electron chi connectivity index (χ3n) is 2.12. The maximum absolute atomic E-state index is 10.9. The van der Waals surface area contributed by atoms with Crippen LogP contribution in [0.25, 0.3) is 0 Å². The van der Waals surface area contributed by atoms with E-state index in [1.807, 2.05) is 6.92 Å². The van der Waals surface area contributed by atoms with Gasteiger partial charge in [-0.15, -0.1) is 0 Å². The summed E-state index contributed by atoms with van der Waals surface area (Å²) in [5, 5.41) is 26.0. The van der Waals surface area contributed by atoms with Crippen LogP contribution in [0.5, 0.6) is 0 Å². The molecule has 0 radical (unpaired) electrons. The zero-order valence-corrected chi connectivity index (χ0v) is 9.63. The van der Waals surface area contributed by atoms with E-state index >= 15 is 0 Å². The van der Waals surface area contributed by atoms with E-state index in [0.29, 0.717) is 6.54 Å². The number of carboxylic acids is 1. The van der Waals surface area contributed by atoms with Gasteiger partial charge < -0.3 is 10.4 Å². The lowest BCUT2D eigenvalue weighted by Gasteiger charge is -2.05. The molecule has 0 saturated carbocycles. The second-order valence-corrected chi connectivity index (χ2v) is 3.51. The minimum Gasteiger partial charge on any atom is -0.480 e. The molecular weight excluding hydrogens is 228 g/mol. The number of rotatable bonds is 6. The monoisotopic (exact) mass is 242 g/mol. The maximum Gasteiger partial charge on any atom is 0.333 e. The molecule has 0 bridgehead atoms. The Morgan fingerprint density at radius 2 is 2.29 bits per heavy atom. The first-order valence-electron chi connectivity index (χ1n) is 5.14. The van der Waals surface area contributed by atoms with Crippen LogP contribution in [0, 0.1) is 17.0 Å². The number of anilines is 1. The standard InChI is InChI=1S/C9H14N4O4/c1-3-4-12-9(10-5-7(14)15)8(13(16)17)6(2)11-12/h10H,3-5H2,1-2H3,(H,14,15). The molecule has 17 heavy (non-hydrogen) atoms. The summed E-state index contributed by atoms with van der Waals surface area (Å²) in [6.45, 7) is 3.55. The lowest BCUT2D eigenvalue weighted by atomic mass is 10.4. The highest BCUT2D eigenvalue weighted by Gasteiger charge is 2.25. The number of nitrogens with zero attached hydrogens (tertiary/aromatic N) is 3. The molecule has 94 valence electrons. The molecule has 0 aliphatic heterocycles. The van der Waals surface area contributed by atoms with E-state index in [0.717, 1.165) is 6.42 Å². The van der Waals surface area contributed by atoms with Crippen molar-refractivity contribution in [2.75, 3.05) is 11.9 Å². The number of nitro groups is 1. The molecule has 1 aromatic heterocycles. The minimum absolute atomic E-state index is 0.150. The number of aryl methyl sites for hydroxylation is 2. The maximum atomic E-state index is 10.9. The molecular formula is C9H14N4O4. The molecule has 0 aromatic carbocycles. The van der Waals surface area contributed by atoms with Gasteiger partial charge in [0.05, 0.1) is 4.92 Å². The van der Waals surface area contributed by atoms with Gasteiger partial charge in [-0.3, -0.25) is 14.9 Å². The topological polar surface area (TPSA) is 110 Å². The Kier molecular flexibility index (Phi) is 4.02. The number of hydrogen-bond acceptors (Lipinski definition) is 5. The highest BCUT2D eigenvalue weighted by atomic mass is 16.6. The van der Waals surface area contributed by atoms with Crippen molar-refractivity contribution >= 4 is 17.5 Å². The molecule has 0 spiro atoms. The van der Waals surface area contributed by atoms with Gasteiger partial charge in [-0.1, -0.05) is 6.92 Å². The first-order valence-corrected chi connectivity index (χ1v) is 5.14. The Balaban J connectivity index is 3.10. The van der Waals surface area contributed by atoms with E-state index < -0.39 is 10.9 Å². The van der Waals surface area contributed by atoms with Crippen molar-refractivity contribution in [2.45, 2.75) is 26.8 Å². The van der Waals surface area contributed by atoms with Crippen molar-refractivity contribution in [1.82, 2.24) is 9.78 Å². The lowest BCUT2D eigenvalue weighted by molar-refractivity contribution is -0.384. The Hall–Kier alpha value is -2.12. The van der Waals surface area contributed by atoms with Crippen molar-refractivity contribution in [3.05, 3.63) is 15.8 Å². The fourth-order valence-electron chi connectivity index (χ4n) is 1.50. The van der Waals surface area contributed by atoms with Crippen LogP contribution in [-0.2, 0) is 11.3 Å². The number of carboxylic acid groups (broad SMARTS) is 1. The van der Waals surface area contributed by atoms with Crippen molar-refractivity contribution < 1.29 is 14.8 Å². The van der Waals surface area contributed by atoms with Crippen molar-refractivity contribution in [3.8, 4) is 0 Å². The van der Waals surface area contributed by atoms with Crippen LogP contribution in [-0.4, -0.2) is 32.3 Å². The van der Waals surface area contributed by atoms with Crippen molar-refractivity contribution in [1.29, 1.82) is 0 Å². The van der Waals surface area contributed by atoms with Gasteiger partial charge in [-0.2, -0.15) is 5.10 Å². The van der Waals surface area contributed by atoms with Gasteiger partial charge in [-0.05, 0) is 13.3 Å². The van der Waals surface area contributed by atoms with Crippen molar-refractivity contribution in [2.24, 2.45) is 0 Å². The molecule has 0 aliphatic carbocycles. The molecule has 1 heterocycles. The molecule has 0 aliphatic rings. The average Bonchev–Trinajstić information content (AvgIpc) is 2.52. The Morgan fingerprint density at radius 1 is 1.65 bits per heavy atom. The molecule has 0 fully saturated rings. The molecule has 0 saturated heterocycles. The van der Waals surface area contributed by atoms with Crippen LogP contribution in [0.2, 0.25) is 0 Å². The van der Waals surface area contributed by atoms with Crippen molar-refractivity contribution in [3.63, 3.8) is 0 Å². The van der Waals surface area contributed by atoms with Crippen LogP contribution in [0.1, 0.15) is 19.0 Å². The quantitative estimate of drug-likeness (QED) is 0.568. The molecule has 8 heteroatoms. The predicted octanol–water partition coefficient (Wildman–Crippen LogP) is 1.01. The summed E-state index contributed by atoms with van der Waals surface area (Å²) in [6.07, 6.45) is 0.750. The summed E-state index contributed by atoms with van der Waals surface area (Å²) in [5.74, 6) is -0.932. The molecule has 8 nitrogen and oxygen atoms in total. The van der Waals surface area contributed by atoms with Crippen LogP contribution < -0.4 is 5.32 Å². The molecule has 1 aromatic rings. The molecule has 2 N–H and O–H groups in total. The normalized spacial score (nSPS) is 10.2. The smallest absolute Gasteiger partial charge is 0.333 e. The van der Waals surface area contributed by atoms with Gasteiger partial charge in [0, 0.05) is 6.54 Å². The van der Waals surface area contributed by atoms with E-state index in [1.54, 1.807) is 0 Å². The average molecular weight is 242 g/mol. The summed E-state index contributed by atoms with van der Waals surface area (Å²) in [7, 11) is 0. The van der Waals surface area contributed by atoms with Crippen LogP contribution in [0.3, 0.4) is 0 Å². The van der Waals surface area contributed by atoms with Crippen LogP contribution >= 0.6 is 0 Å². The third kappa shape index (κ3) is 2.92. The number of hydrogen-bond donors (Lipinski definition) is 2. The summed E-state index contributed by atoms with van der Waals surface area (Å²) in [4.78, 5) is 20.8. The zero-order chi connectivity index (χ0) is 13.0. The summed E-state index contributed by atoms with van der Waals surface area (Å²) >= 11 is 0. The van der Waals surface area contributed by atoms with Gasteiger partial charge in [0.15, 0.2) is 0 Å². The number of nitrogens with one attached hydrogen (secondary N) is 1. The minimum atomic E-state index is -1.08. The second-order valence-electron chi connectivity index (χ2n) is 3.51. The molecule has 0 atom stereocenters. The molecule has 1 rings (SSSR count). The fraction of sp³-hybridized carbons (Fsp3) is 0.556. The Morgan fingerprint density at radius 3 is 2.76 bits per heavy atom. The highest BCUT2D eigenvalue weighted by Crippen LogP contribution is 2.28. The Labute approximate surface area is 97.4 Å². The van der Waals surface area contributed by atoms with Gasteiger partial charge in [0.1, 0.15) is 12.2 Å². The lowest BCUT2D eigenvalue weighted by Crippen LogP contribution is -2.16. The fourth-order valence-corrected chi connectivity index (χ4v) is 1.50. The Bertz CT molecular complexity index is 440. The van der Waals surface area contributed by atoms with E-state index in [-0.39, 0.29) is 23.7 Å². The number of aromatic nitrogens is 2. The second kappa shape index (κ2) is 5.28. The van der Waals surface area contributed by atoms with E-state index in [2.05, 4.69) is 10.4 Å². The third-order valence-corrected chi connectivity index (χ3v) is 2.12. The number of aliphatic carboxylic acids is 1. The van der Waals surface area contributed by atoms with E-state index in [4.69, 9.17) is 5.11 Å². The van der Waals surface area contributed by atoms with Gasteiger partial charge in [0.25, 0.3) is 0 Å². The zero-order valence-electron chi connectivity index (χ0n) is 9.63. The van der Waals surface area contributed by atoms with Crippen LogP contribution in [0.4, 0.5) is 11.5 Å². The SMILES string of the molecule is CCCn1nc(C)c([N+](=O)[O-])c1NCC(=O)O. The largest absolute Gasteiger partial charge is 0.480 e. The van der Waals surface area contributed by atoms with Gasteiger partial charge >= 0.3 is 11.7 Å². The summed E-state index contributed by atoms with van der Waals surface area (Å²) in [5.41, 5.74) is 0.107. The van der Waals surface area contributed by atoms with E-state index in [9.17, 15) is 14.9 Å². The molecule has 0 amide bonds. The van der Waals surface area contributed by atoms with Crippen LogP contribution in [0.15, 0.2) is 0 Å². The first kappa shape index (κ1) is 12.9. The van der Waals surface area contributed by atoms with Gasteiger partial charge in [-0.25, -0.2) is 4.68 Å². The highest BCUT2D eigenvalue weighted by molar-refractivity contribution is 5.74.